The summed E-state index contributed by atoms with van der Waals surface area (Å²) in [7, 11) is 1.82. The fourth-order valence-electron chi connectivity index (χ4n) is 2.64. The zero-order chi connectivity index (χ0) is 14.7. The zero-order valence-corrected chi connectivity index (χ0v) is 12.9. The Balaban J connectivity index is 2.25. The summed E-state index contributed by atoms with van der Waals surface area (Å²) >= 11 is 0. The Bertz CT molecular complexity index is 485. The topological polar surface area (TPSA) is 44.4 Å². The third-order valence-corrected chi connectivity index (χ3v) is 3.77. The van der Waals surface area contributed by atoms with Gasteiger partial charge >= 0.3 is 6.03 Å². The first-order chi connectivity index (χ1) is 9.52. The molecule has 110 valence electrons. The highest BCUT2D eigenvalue weighted by Gasteiger charge is 2.21. The average Bonchev–Trinajstić information content (AvgIpc) is 2.40. The van der Waals surface area contributed by atoms with Gasteiger partial charge in [0.2, 0.25) is 0 Å². The van der Waals surface area contributed by atoms with E-state index < -0.39 is 0 Å². The summed E-state index contributed by atoms with van der Waals surface area (Å²) in [5.74, 6) is 0.538. The fourth-order valence-corrected chi connectivity index (χ4v) is 2.64. The van der Waals surface area contributed by atoms with Gasteiger partial charge in [-0.2, -0.15) is 0 Å². The first-order valence-electron chi connectivity index (χ1n) is 7.41. The Morgan fingerprint density at radius 1 is 1.40 bits per heavy atom. The number of anilines is 1. The summed E-state index contributed by atoms with van der Waals surface area (Å²) < 4.78 is 0. The van der Waals surface area contributed by atoms with Crippen LogP contribution >= 0.6 is 0 Å². The number of carbonyl (C=O) groups is 1. The van der Waals surface area contributed by atoms with Crippen LogP contribution in [0.15, 0.2) is 18.2 Å². The van der Waals surface area contributed by atoms with E-state index in [1.165, 1.54) is 11.1 Å². The predicted molar refractivity (Wildman–Crippen MR) is 82.8 cm³/mol. The van der Waals surface area contributed by atoms with Crippen LogP contribution in [0.3, 0.4) is 0 Å². The summed E-state index contributed by atoms with van der Waals surface area (Å²) in [5, 5.41) is 6.53. The van der Waals surface area contributed by atoms with E-state index in [1.54, 1.807) is 4.90 Å². The van der Waals surface area contributed by atoms with Crippen molar-refractivity contribution in [2.75, 3.05) is 18.9 Å². The molecule has 1 aliphatic rings. The monoisotopic (exact) mass is 275 g/mol. The lowest BCUT2D eigenvalue weighted by Gasteiger charge is -2.28. The maximum atomic E-state index is 11.6. The van der Waals surface area contributed by atoms with Gasteiger partial charge in [-0.3, -0.25) is 0 Å². The molecule has 0 spiro atoms. The Labute approximate surface area is 121 Å². The minimum atomic E-state index is -0.0326. The van der Waals surface area contributed by atoms with Crippen LogP contribution in [-0.4, -0.2) is 24.5 Å². The van der Waals surface area contributed by atoms with E-state index in [0.29, 0.717) is 18.5 Å². The van der Waals surface area contributed by atoms with Crippen molar-refractivity contribution in [2.45, 2.75) is 39.8 Å². The number of fused-ring (bicyclic) bond motifs is 1. The second-order valence-corrected chi connectivity index (χ2v) is 5.88. The van der Waals surface area contributed by atoms with Gasteiger partial charge in [0.15, 0.2) is 0 Å². The molecule has 1 aliphatic heterocycles. The molecule has 1 atom stereocenters. The second-order valence-electron chi connectivity index (χ2n) is 5.88. The van der Waals surface area contributed by atoms with Crippen LogP contribution in [0.2, 0.25) is 0 Å². The molecule has 0 radical (unpaired) electrons. The van der Waals surface area contributed by atoms with E-state index in [0.717, 1.165) is 18.7 Å². The van der Waals surface area contributed by atoms with E-state index in [4.69, 9.17) is 0 Å². The largest absolute Gasteiger partial charge is 0.323 e. The number of rotatable bonds is 5. The lowest BCUT2D eigenvalue weighted by molar-refractivity contribution is 0.218. The molecule has 2 amide bonds. The van der Waals surface area contributed by atoms with Crippen LogP contribution in [-0.2, 0) is 6.54 Å². The predicted octanol–water partition coefficient (Wildman–Crippen LogP) is 3.36. The SMILES string of the molecule is CCCNC(c1ccc2c(c1)CN(C)C(=O)N2)C(C)C. The minimum absolute atomic E-state index is 0.0326. The van der Waals surface area contributed by atoms with E-state index in [1.807, 2.05) is 13.1 Å². The van der Waals surface area contributed by atoms with Crippen LogP contribution in [0.5, 0.6) is 0 Å². The standard InChI is InChI=1S/C16H25N3O/c1-5-8-17-15(11(2)3)12-6-7-14-13(9-12)10-19(4)16(20)18-14/h6-7,9,11,15,17H,5,8,10H2,1-4H3,(H,18,20). The molecule has 2 N–H and O–H groups in total. The molecule has 20 heavy (non-hydrogen) atoms. The number of carbonyl (C=O) groups excluding carboxylic acids is 1. The molecule has 0 saturated carbocycles. The number of hydrogen-bond acceptors (Lipinski definition) is 2. The van der Waals surface area contributed by atoms with Crippen molar-refractivity contribution in [3.05, 3.63) is 29.3 Å². The number of urea groups is 1. The maximum Gasteiger partial charge on any atom is 0.321 e. The molecule has 4 heteroatoms. The maximum absolute atomic E-state index is 11.6. The third kappa shape index (κ3) is 3.12. The number of nitrogens with one attached hydrogen (secondary N) is 2. The second kappa shape index (κ2) is 6.27. The lowest BCUT2D eigenvalue weighted by Crippen LogP contribution is -2.35. The molecule has 0 fully saturated rings. The lowest BCUT2D eigenvalue weighted by atomic mass is 9.93. The van der Waals surface area contributed by atoms with Crippen molar-refractivity contribution in [3.63, 3.8) is 0 Å². The van der Waals surface area contributed by atoms with E-state index in [2.05, 4.69) is 43.5 Å². The summed E-state index contributed by atoms with van der Waals surface area (Å²) in [6.07, 6.45) is 1.13. The van der Waals surface area contributed by atoms with Crippen molar-refractivity contribution in [1.29, 1.82) is 0 Å². The van der Waals surface area contributed by atoms with Gasteiger partial charge in [-0.25, -0.2) is 4.79 Å². The molecule has 0 aromatic heterocycles. The first-order valence-corrected chi connectivity index (χ1v) is 7.41. The van der Waals surface area contributed by atoms with E-state index in [9.17, 15) is 4.79 Å². The minimum Gasteiger partial charge on any atom is -0.323 e. The van der Waals surface area contributed by atoms with Crippen LogP contribution in [0.4, 0.5) is 10.5 Å². The molecule has 2 rings (SSSR count). The normalized spacial score (nSPS) is 16.1. The van der Waals surface area contributed by atoms with E-state index in [-0.39, 0.29) is 6.03 Å². The van der Waals surface area contributed by atoms with Crippen molar-refractivity contribution < 1.29 is 4.79 Å². The van der Waals surface area contributed by atoms with Gasteiger partial charge < -0.3 is 15.5 Å². The summed E-state index contributed by atoms with van der Waals surface area (Å²) in [6, 6.07) is 6.70. The van der Waals surface area contributed by atoms with Crippen LogP contribution in [0.1, 0.15) is 44.4 Å². The molecule has 0 aliphatic carbocycles. The van der Waals surface area contributed by atoms with Crippen LogP contribution in [0.25, 0.3) is 0 Å². The molecule has 1 unspecified atom stereocenters. The van der Waals surface area contributed by atoms with Gasteiger partial charge in [-0.05, 0) is 36.1 Å². The van der Waals surface area contributed by atoms with Crippen molar-refractivity contribution in [3.8, 4) is 0 Å². The Morgan fingerprint density at radius 2 is 2.15 bits per heavy atom. The Kier molecular flexibility index (Phi) is 4.65. The molecule has 1 aromatic rings. The van der Waals surface area contributed by atoms with Gasteiger partial charge in [0.1, 0.15) is 0 Å². The van der Waals surface area contributed by atoms with Gasteiger partial charge in [0, 0.05) is 25.3 Å². The summed E-state index contributed by atoms with van der Waals surface area (Å²) in [4.78, 5) is 13.3. The van der Waals surface area contributed by atoms with Gasteiger partial charge in [-0.1, -0.05) is 32.9 Å². The fraction of sp³-hybridized carbons (Fsp3) is 0.562. The van der Waals surface area contributed by atoms with Crippen molar-refractivity contribution in [2.24, 2.45) is 5.92 Å². The van der Waals surface area contributed by atoms with Crippen molar-refractivity contribution in [1.82, 2.24) is 10.2 Å². The zero-order valence-electron chi connectivity index (χ0n) is 12.9. The third-order valence-electron chi connectivity index (χ3n) is 3.77. The summed E-state index contributed by atoms with van der Waals surface area (Å²) in [5.41, 5.74) is 3.43. The number of benzene rings is 1. The molecule has 1 aromatic carbocycles. The Hall–Kier alpha value is -1.55. The average molecular weight is 275 g/mol. The number of nitrogens with zero attached hydrogens (tertiary/aromatic N) is 1. The van der Waals surface area contributed by atoms with Gasteiger partial charge in [-0.15, -0.1) is 0 Å². The molecular formula is C16H25N3O. The quantitative estimate of drug-likeness (QED) is 0.865. The van der Waals surface area contributed by atoms with Gasteiger partial charge in [0.05, 0.1) is 0 Å². The van der Waals surface area contributed by atoms with Gasteiger partial charge in [0.25, 0.3) is 0 Å². The molecular weight excluding hydrogens is 250 g/mol. The highest BCUT2D eigenvalue weighted by atomic mass is 16.2. The van der Waals surface area contributed by atoms with E-state index >= 15 is 0 Å². The number of amides is 2. The molecule has 4 nitrogen and oxygen atoms in total. The van der Waals surface area contributed by atoms with Crippen LogP contribution in [0, 0.1) is 5.92 Å². The highest BCUT2D eigenvalue weighted by Crippen LogP contribution is 2.29. The number of hydrogen-bond donors (Lipinski definition) is 2. The van der Waals surface area contributed by atoms with Crippen LogP contribution < -0.4 is 10.6 Å². The summed E-state index contributed by atoms with van der Waals surface area (Å²) in [6.45, 7) is 8.35. The molecule has 0 saturated heterocycles. The molecule has 1 heterocycles. The first kappa shape index (κ1) is 14.9. The van der Waals surface area contributed by atoms with Crippen molar-refractivity contribution >= 4 is 11.7 Å². The highest BCUT2D eigenvalue weighted by molar-refractivity contribution is 5.92. The molecule has 0 bridgehead atoms. The smallest absolute Gasteiger partial charge is 0.321 e. The Morgan fingerprint density at radius 3 is 2.80 bits per heavy atom.